The Hall–Kier alpha value is -2.87. The highest BCUT2D eigenvalue weighted by molar-refractivity contribution is 7.17. The van der Waals surface area contributed by atoms with Crippen LogP contribution < -0.4 is 10.6 Å². The second-order valence-electron chi connectivity index (χ2n) is 10.9. The zero-order valence-corrected chi connectivity index (χ0v) is 23.1. The smallest absolute Gasteiger partial charge is 0.389 e. The monoisotopic (exact) mass is 577 g/mol. The zero-order valence-electron chi connectivity index (χ0n) is 22.2. The molecule has 14 heteroatoms. The van der Waals surface area contributed by atoms with E-state index in [1.54, 1.807) is 4.90 Å². The van der Waals surface area contributed by atoms with Crippen molar-refractivity contribution in [1.82, 2.24) is 20.2 Å². The normalized spacial score (nSPS) is 16.6. The first-order valence-corrected chi connectivity index (χ1v) is 13.1. The predicted molar refractivity (Wildman–Crippen MR) is 137 cm³/mol. The van der Waals surface area contributed by atoms with Gasteiger partial charge in [-0.3, -0.25) is 9.59 Å². The Morgan fingerprint density at radius 1 is 1.23 bits per heavy atom. The molecular weight excluding hydrogens is 545 g/mol. The molecule has 1 fully saturated rings. The summed E-state index contributed by atoms with van der Waals surface area (Å²) < 4.78 is 67.3. The number of alkyl halides is 5. The molecule has 3 rings (SSSR count). The quantitative estimate of drug-likeness (QED) is 0.344. The number of rotatable bonds is 9. The van der Waals surface area contributed by atoms with Crippen LogP contribution in [-0.4, -0.2) is 68.2 Å². The Morgan fingerprint density at radius 3 is 2.44 bits per heavy atom. The molecular formula is C25H32F5N5O3S. The van der Waals surface area contributed by atoms with E-state index in [1.807, 2.05) is 6.92 Å². The summed E-state index contributed by atoms with van der Waals surface area (Å²) in [5.41, 5.74) is -3.68. The number of hydrogen-bond acceptors (Lipinski definition) is 7. The van der Waals surface area contributed by atoms with Crippen molar-refractivity contribution in [1.29, 1.82) is 0 Å². The molecule has 0 aliphatic carbocycles. The summed E-state index contributed by atoms with van der Waals surface area (Å²) in [5.74, 6) is -1.42. The second kappa shape index (κ2) is 11.3. The molecule has 8 nitrogen and oxygen atoms in total. The van der Waals surface area contributed by atoms with Gasteiger partial charge >= 0.3 is 6.18 Å². The summed E-state index contributed by atoms with van der Waals surface area (Å²) in [6, 6.07) is 0.827. The van der Waals surface area contributed by atoms with Crippen molar-refractivity contribution in [3.63, 3.8) is 0 Å². The van der Waals surface area contributed by atoms with Gasteiger partial charge in [-0.25, -0.2) is 18.7 Å². The second-order valence-corrected chi connectivity index (χ2v) is 11.9. The lowest BCUT2D eigenvalue weighted by atomic mass is 10.00. The molecule has 1 unspecified atom stereocenters. The largest absolute Gasteiger partial charge is 0.391 e. The molecule has 0 aromatic carbocycles. The molecule has 216 valence electrons. The number of thiazole rings is 1. The van der Waals surface area contributed by atoms with Gasteiger partial charge in [0.15, 0.2) is 5.01 Å². The number of hydrogen-bond donors (Lipinski definition) is 3. The molecule has 2 amide bonds. The molecule has 0 saturated carbocycles. The van der Waals surface area contributed by atoms with Crippen LogP contribution in [0.4, 0.5) is 27.8 Å². The van der Waals surface area contributed by atoms with E-state index < -0.39 is 47.5 Å². The highest BCUT2D eigenvalue weighted by atomic mass is 32.1. The third kappa shape index (κ3) is 8.07. The number of nitrogens with one attached hydrogen (secondary N) is 2. The molecule has 1 atom stereocenters. The van der Waals surface area contributed by atoms with Crippen LogP contribution in [0.2, 0.25) is 0 Å². The molecule has 3 N–H and O–H groups in total. The zero-order chi connectivity index (χ0) is 29.3. The van der Waals surface area contributed by atoms with Crippen molar-refractivity contribution in [2.24, 2.45) is 0 Å². The maximum Gasteiger partial charge on any atom is 0.391 e. The van der Waals surface area contributed by atoms with Crippen molar-refractivity contribution >= 4 is 29.0 Å². The molecule has 1 aliphatic heterocycles. The summed E-state index contributed by atoms with van der Waals surface area (Å²) in [7, 11) is 0. The number of carbonyl (C=O) groups is 2. The minimum Gasteiger partial charge on any atom is -0.389 e. The number of carbonyl (C=O) groups excluding carboxylic acids is 2. The fourth-order valence-electron chi connectivity index (χ4n) is 4.29. The van der Waals surface area contributed by atoms with Gasteiger partial charge in [-0.15, -0.1) is 11.3 Å². The Labute approximate surface area is 227 Å². The predicted octanol–water partition coefficient (Wildman–Crippen LogP) is 5.41. The average Bonchev–Trinajstić information content (AvgIpc) is 3.41. The number of amides is 2. The van der Waals surface area contributed by atoms with E-state index in [9.17, 15) is 36.6 Å². The van der Waals surface area contributed by atoms with Crippen LogP contribution in [0, 0.1) is 0 Å². The van der Waals surface area contributed by atoms with E-state index in [1.165, 1.54) is 27.7 Å². The maximum absolute atomic E-state index is 14.3. The average molecular weight is 578 g/mol. The topological polar surface area (TPSA) is 107 Å². The van der Waals surface area contributed by atoms with Crippen molar-refractivity contribution in [2.45, 2.75) is 83.7 Å². The van der Waals surface area contributed by atoms with Gasteiger partial charge in [-0.2, -0.15) is 13.2 Å². The van der Waals surface area contributed by atoms with Gasteiger partial charge in [0.25, 0.3) is 18.2 Å². The minimum atomic E-state index is -4.49. The highest BCUT2D eigenvalue weighted by Gasteiger charge is 2.37. The number of halogens is 5. The van der Waals surface area contributed by atoms with Gasteiger partial charge in [0, 0.05) is 42.0 Å². The standard InChI is InChI=1S/C25H32F5N5O3S/c1-13-7-6-8-35(13)22(37)17-18(39-21(33-17)20(36)32-12-24(4,5)38)15-10-31-16(9-14(15)19(26)27)34-23(2,3)11-25(28,29)30/h9-10,13,19,38H,6-8,11-12H2,1-5H3,(H,31,34)(H,32,36). The van der Waals surface area contributed by atoms with Crippen LogP contribution in [0.3, 0.4) is 0 Å². The van der Waals surface area contributed by atoms with Crippen molar-refractivity contribution in [3.8, 4) is 10.4 Å². The van der Waals surface area contributed by atoms with Crippen molar-refractivity contribution in [2.75, 3.05) is 18.4 Å². The van der Waals surface area contributed by atoms with Gasteiger partial charge in [0.2, 0.25) is 0 Å². The fourth-order valence-corrected chi connectivity index (χ4v) is 5.29. The van der Waals surface area contributed by atoms with E-state index >= 15 is 0 Å². The maximum atomic E-state index is 14.3. The first kappa shape index (κ1) is 30.7. The first-order chi connectivity index (χ1) is 17.9. The molecule has 39 heavy (non-hydrogen) atoms. The van der Waals surface area contributed by atoms with Gasteiger partial charge in [0.05, 0.1) is 16.9 Å². The fraction of sp³-hybridized carbons (Fsp3) is 0.600. The summed E-state index contributed by atoms with van der Waals surface area (Å²) in [6.45, 7) is 7.68. The van der Waals surface area contributed by atoms with E-state index in [-0.39, 0.29) is 39.5 Å². The Bertz CT molecular complexity index is 1210. The van der Waals surface area contributed by atoms with E-state index in [4.69, 9.17) is 0 Å². The van der Waals surface area contributed by atoms with Crippen LogP contribution in [0.5, 0.6) is 0 Å². The van der Waals surface area contributed by atoms with Crippen LogP contribution in [0.25, 0.3) is 10.4 Å². The van der Waals surface area contributed by atoms with Gasteiger partial charge < -0.3 is 20.6 Å². The summed E-state index contributed by atoms with van der Waals surface area (Å²) in [4.78, 5) is 36.0. The molecule has 1 aliphatic rings. The first-order valence-electron chi connectivity index (χ1n) is 12.3. The number of nitrogens with zero attached hydrogens (tertiary/aromatic N) is 3. The lowest BCUT2D eigenvalue weighted by Crippen LogP contribution is -2.38. The van der Waals surface area contributed by atoms with Gasteiger partial charge in [-0.1, -0.05) is 0 Å². The molecule has 0 bridgehead atoms. The van der Waals surface area contributed by atoms with Crippen LogP contribution in [0.1, 0.15) is 86.2 Å². The van der Waals surface area contributed by atoms with Crippen LogP contribution >= 0.6 is 11.3 Å². The summed E-state index contributed by atoms with van der Waals surface area (Å²) >= 11 is 0.723. The lowest BCUT2D eigenvalue weighted by Gasteiger charge is -2.28. The van der Waals surface area contributed by atoms with Gasteiger partial charge in [-0.05, 0) is 53.5 Å². The highest BCUT2D eigenvalue weighted by Crippen LogP contribution is 2.39. The molecule has 3 heterocycles. The van der Waals surface area contributed by atoms with Gasteiger partial charge in [0.1, 0.15) is 11.5 Å². The summed E-state index contributed by atoms with van der Waals surface area (Å²) in [5, 5.41) is 14.8. The molecule has 0 spiro atoms. The number of pyridine rings is 1. The van der Waals surface area contributed by atoms with Crippen LogP contribution in [-0.2, 0) is 0 Å². The number of aromatic nitrogens is 2. The van der Waals surface area contributed by atoms with Crippen molar-refractivity contribution < 1.29 is 36.6 Å². The Morgan fingerprint density at radius 2 is 1.90 bits per heavy atom. The molecule has 2 aromatic heterocycles. The van der Waals surface area contributed by atoms with Crippen LogP contribution in [0.15, 0.2) is 12.3 Å². The number of anilines is 1. The SMILES string of the molecule is CC1CCCN1C(=O)c1nc(C(=O)NCC(C)(C)O)sc1-c1cnc(NC(C)(C)CC(F)(F)F)cc1C(F)F. The molecule has 0 radical (unpaired) electrons. The lowest BCUT2D eigenvalue weighted by molar-refractivity contribution is -0.142. The third-order valence-electron chi connectivity index (χ3n) is 6.04. The minimum absolute atomic E-state index is 0.00332. The van der Waals surface area contributed by atoms with Crippen molar-refractivity contribution in [3.05, 3.63) is 28.5 Å². The van der Waals surface area contributed by atoms with E-state index in [0.717, 1.165) is 36.4 Å². The molecule has 2 aromatic rings. The molecule has 1 saturated heterocycles. The Kier molecular flexibility index (Phi) is 8.90. The Balaban J connectivity index is 2.06. The number of aliphatic hydroxyl groups is 1. The number of likely N-dealkylation sites (tertiary alicyclic amines) is 1. The van der Waals surface area contributed by atoms with E-state index in [2.05, 4.69) is 20.6 Å². The van der Waals surface area contributed by atoms with E-state index in [0.29, 0.717) is 6.54 Å². The third-order valence-corrected chi connectivity index (χ3v) is 7.13. The summed E-state index contributed by atoms with van der Waals surface area (Å²) in [6.07, 6.45) is -6.24.